The van der Waals surface area contributed by atoms with E-state index in [1.165, 1.54) is 24.3 Å². The normalized spacial score (nSPS) is 15.6. The summed E-state index contributed by atoms with van der Waals surface area (Å²) in [6.07, 6.45) is 6.94. The predicted molar refractivity (Wildman–Crippen MR) is 199 cm³/mol. The SMILES string of the molecule is CCC(C)c1cc(C(C)(C)c2ccc(Oc3ccc(N4C(=O)C=CC4=O)cc3)c(C(C)CC)c2)ccc1Oc1ccc(N2C(=O)C=CC2=O)cc1. The average Bonchev–Trinajstić information content (AvgIpc) is 3.66. The second-order valence-electron chi connectivity index (χ2n) is 13.6. The van der Waals surface area contributed by atoms with E-state index in [4.69, 9.17) is 9.47 Å². The molecule has 8 heteroatoms. The number of amides is 4. The molecule has 6 rings (SSSR count). The molecule has 0 fully saturated rings. The molecule has 0 saturated carbocycles. The molecule has 2 aliphatic heterocycles. The molecule has 260 valence electrons. The molecule has 0 bridgehead atoms. The molecule has 0 aromatic heterocycles. The van der Waals surface area contributed by atoms with Crippen LogP contribution in [0.15, 0.2) is 109 Å². The quantitative estimate of drug-likeness (QED) is 0.138. The molecule has 0 aliphatic carbocycles. The van der Waals surface area contributed by atoms with Crippen LogP contribution >= 0.6 is 0 Å². The van der Waals surface area contributed by atoms with Crippen molar-refractivity contribution in [1.82, 2.24) is 0 Å². The molecule has 2 heterocycles. The number of imide groups is 2. The molecule has 51 heavy (non-hydrogen) atoms. The zero-order valence-corrected chi connectivity index (χ0v) is 29.8. The monoisotopic (exact) mass is 682 g/mol. The lowest BCUT2D eigenvalue weighted by Gasteiger charge is -2.30. The van der Waals surface area contributed by atoms with Crippen molar-refractivity contribution in [2.75, 3.05) is 9.80 Å². The molecule has 0 N–H and O–H groups in total. The maximum absolute atomic E-state index is 12.1. The van der Waals surface area contributed by atoms with E-state index in [1.807, 2.05) is 12.1 Å². The fourth-order valence-electron chi connectivity index (χ4n) is 6.33. The van der Waals surface area contributed by atoms with Crippen molar-refractivity contribution in [3.05, 3.63) is 131 Å². The van der Waals surface area contributed by atoms with Crippen LogP contribution in [0.5, 0.6) is 23.0 Å². The van der Waals surface area contributed by atoms with Crippen molar-refractivity contribution in [3.63, 3.8) is 0 Å². The number of hydrogen-bond acceptors (Lipinski definition) is 6. The van der Waals surface area contributed by atoms with E-state index in [1.54, 1.807) is 48.5 Å². The van der Waals surface area contributed by atoms with Gasteiger partial charge < -0.3 is 9.47 Å². The first-order valence-corrected chi connectivity index (χ1v) is 17.4. The fourth-order valence-corrected chi connectivity index (χ4v) is 6.33. The number of carbonyl (C=O) groups is 4. The number of ether oxygens (including phenoxy) is 2. The Balaban J connectivity index is 1.25. The summed E-state index contributed by atoms with van der Waals surface area (Å²) >= 11 is 0. The van der Waals surface area contributed by atoms with Gasteiger partial charge in [0.1, 0.15) is 23.0 Å². The summed E-state index contributed by atoms with van der Waals surface area (Å²) in [5, 5.41) is 0. The molecule has 0 spiro atoms. The highest BCUT2D eigenvalue weighted by atomic mass is 16.5. The van der Waals surface area contributed by atoms with Crippen LogP contribution in [-0.4, -0.2) is 23.6 Å². The van der Waals surface area contributed by atoms with Crippen molar-refractivity contribution >= 4 is 35.0 Å². The van der Waals surface area contributed by atoms with Crippen LogP contribution in [0.2, 0.25) is 0 Å². The van der Waals surface area contributed by atoms with Crippen molar-refractivity contribution in [3.8, 4) is 23.0 Å². The number of anilines is 2. The van der Waals surface area contributed by atoms with Crippen LogP contribution in [0.3, 0.4) is 0 Å². The zero-order valence-electron chi connectivity index (χ0n) is 29.8. The molecule has 4 aromatic rings. The summed E-state index contributed by atoms with van der Waals surface area (Å²) < 4.78 is 12.8. The third kappa shape index (κ3) is 6.99. The van der Waals surface area contributed by atoms with Gasteiger partial charge in [-0.3, -0.25) is 19.2 Å². The van der Waals surface area contributed by atoms with Crippen molar-refractivity contribution in [1.29, 1.82) is 0 Å². The highest BCUT2D eigenvalue weighted by molar-refractivity contribution is 6.28. The first-order valence-electron chi connectivity index (χ1n) is 17.4. The maximum Gasteiger partial charge on any atom is 0.258 e. The minimum Gasteiger partial charge on any atom is -0.457 e. The summed E-state index contributed by atoms with van der Waals surface area (Å²) in [7, 11) is 0. The predicted octanol–water partition coefficient (Wildman–Crippen LogP) is 9.48. The Kier molecular flexibility index (Phi) is 9.79. The van der Waals surface area contributed by atoms with Crippen LogP contribution in [0.4, 0.5) is 11.4 Å². The standard InChI is InChI=1S/C43H42N2O6/c1-7-27(3)35-25-29(9-19-37(35)50-33-15-11-31(12-16-33)44-39(46)21-22-40(44)47)43(5,6)30-10-20-38(36(26-30)28(4)8-2)51-34-17-13-32(14-18-34)45-41(48)23-24-42(45)49/h9-28H,7-8H2,1-6H3. The van der Waals surface area contributed by atoms with Gasteiger partial charge in [0.15, 0.2) is 0 Å². The van der Waals surface area contributed by atoms with E-state index in [9.17, 15) is 19.2 Å². The summed E-state index contributed by atoms with van der Waals surface area (Å²) in [6, 6.07) is 26.7. The first-order chi connectivity index (χ1) is 24.4. The Bertz CT molecular complexity index is 1880. The van der Waals surface area contributed by atoms with E-state index in [0.717, 1.165) is 56.4 Å². The summed E-state index contributed by atoms with van der Waals surface area (Å²) in [6.45, 7) is 13.2. The van der Waals surface area contributed by atoms with Gasteiger partial charge in [0.25, 0.3) is 23.6 Å². The average molecular weight is 683 g/mol. The van der Waals surface area contributed by atoms with Gasteiger partial charge in [-0.2, -0.15) is 0 Å². The fraction of sp³-hybridized carbons (Fsp3) is 0.256. The molecule has 0 saturated heterocycles. The zero-order chi connectivity index (χ0) is 36.4. The van der Waals surface area contributed by atoms with Gasteiger partial charge in [0.2, 0.25) is 0 Å². The number of rotatable bonds is 12. The van der Waals surface area contributed by atoms with Gasteiger partial charge in [0.05, 0.1) is 11.4 Å². The van der Waals surface area contributed by atoms with Crippen LogP contribution in [0.1, 0.15) is 88.5 Å². The van der Waals surface area contributed by atoms with Gasteiger partial charge in [-0.15, -0.1) is 0 Å². The van der Waals surface area contributed by atoms with Gasteiger partial charge in [-0.25, -0.2) is 9.80 Å². The molecule has 4 amide bonds. The van der Waals surface area contributed by atoms with E-state index in [-0.39, 0.29) is 40.9 Å². The van der Waals surface area contributed by atoms with Crippen LogP contribution in [0.25, 0.3) is 0 Å². The van der Waals surface area contributed by atoms with Gasteiger partial charge >= 0.3 is 0 Å². The highest BCUT2D eigenvalue weighted by Gasteiger charge is 2.29. The molecule has 2 aliphatic rings. The summed E-state index contributed by atoms with van der Waals surface area (Å²) in [5.74, 6) is 1.78. The topological polar surface area (TPSA) is 93.2 Å². The summed E-state index contributed by atoms with van der Waals surface area (Å²) in [5.41, 5.74) is 5.14. The van der Waals surface area contributed by atoms with E-state index in [2.05, 4.69) is 65.8 Å². The minimum absolute atomic E-state index is 0.233. The summed E-state index contributed by atoms with van der Waals surface area (Å²) in [4.78, 5) is 50.7. The van der Waals surface area contributed by atoms with Gasteiger partial charge in [0, 0.05) is 29.7 Å². The minimum atomic E-state index is -0.357. The Morgan fingerprint density at radius 3 is 1.18 bits per heavy atom. The lowest BCUT2D eigenvalue weighted by molar-refractivity contribution is -0.121. The third-order valence-electron chi connectivity index (χ3n) is 10.0. The molecule has 2 atom stereocenters. The molecule has 2 unspecified atom stereocenters. The molecule has 0 radical (unpaired) electrons. The highest BCUT2D eigenvalue weighted by Crippen LogP contribution is 2.42. The Labute approximate surface area is 299 Å². The van der Waals surface area contributed by atoms with E-state index >= 15 is 0 Å². The van der Waals surface area contributed by atoms with Crippen molar-refractivity contribution in [2.45, 2.75) is 71.6 Å². The second kappa shape index (κ2) is 14.2. The van der Waals surface area contributed by atoms with Gasteiger partial charge in [-0.05, 0) is 108 Å². The Hall–Kier alpha value is -5.76. The third-order valence-corrected chi connectivity index (χ3v) is 10.0. The Morgan fingerprint density at radius 1 is 0.529 bits per heavy atom. The smallest absolute Gasteiger partial charge is 0.258 e. The Morgan fingerprint density at radius 2 is 0.863 bits per heavy atom. The number of hydrogen-bond donors (Lipinski definition) is 0. The number of benzene rings is 4. The van der Waals surface area contributed by atoms with Crippen LogP contribution < -0.4 is 19.3 Å². The molecular weight excluding hydrogens is 640 g/mol. The molecule has 8 nitrogen and oxygen atoms in total. The van der Waals surface area contributed by atoms with Gasteiger partial charge in [-0.1, -0.05) is 65.8 Å². The lowest BCUT2D eigenvalue weighted by atomic mass is 9.75. The number of nitrogens with zero attached hydrogens (tertiary/aromatic N) is 2. The van der Waals surface area contributed by atoms with Crippen LogP contribution in [0, 0.1) is 0 Å². The van der Waals surface area contributed by atoms with E-state index in [0.29, 0.717) is 22.9 Å². The largest absolute Gasteiger partial charge is 0.457 e. The van der Waals surface area contributed by atoms with E-state index < -0.39 is 0 Å². The van der Waals surface area contributed by atoms with Crippen molar-refractivity contribution < 1.29 is 28.7 Å². The van der Waals surface area contributed by atoms with Crippen molar-refractivity contribution in [2.24, 2.45) is 0 Å². The number of carbonyl (C=O) groups excluding carboxylic acids is 4. The first kappa shape index (κ1) is 35.1. The lowest BCUT2D eigenvalue weighted by Crippen LogP contribution is -2.29. The molecular formula is C43H42N2O6. The second-order valence-corrected chi connectivity index (χ2v) is 13.6. The maximum atomic E-state index is 12.1. The van der Waals surface area contributed by atoms with Crippen LogP contribution in [-0.2, 0) is 24.6 Å². The molecule has 4 aromatic carbocycles.